The number of aromatic nitrogens is 1. The number of nitrogens with zero attached hydrogens (tertiary/aromatic N) is 1. The van der Waals surface area contributed by atoms with Crippen LogP contribution in [0.2, 0.25) is 0 Å². The lowest BCUT2D eigenvalue weighted by molar-refractivity contribution is -0.137. The van der Waals surface area contributed by atoms with E-state index in [2.05, 4.69) is 10.3 Å². The fraction of sp³-hybridized carbons (Fsp3) is 0.545. The van der Waals surface area contributed by atoms with Crippen molar-refractivity contribution in [3.63, 3.8) is 0 Å². The third kappa shape index (κ3) is 4.83. The number of halogens is 3. The van der Waals surface area contributed by atoms with E-state index in [4.69, 9.17) is 5.11 Å². The van der Waals surface area contributed by atoms with Crippen molar-refractivity contribution in [1.29, 1.82) is 0 Å². The summed E-state index contributed by atoms with van der Waals surface area (Å²) in [5, 5.41) is 12.6. The number of rotatable bonds is 6. The average Bonchev–Trinajstić information content (AvgIpc) is 2.34. The third-order valence-corrected chi connectivity index (χ3v) is 3.32. The number of thioether (sulfide) groups is 1. The molecule has 0 aliphatic heterocycles. The predicted molar refractivity (Wildman–Crippen MR) is 64.5 cm³/mol. The number of pyridine rings is 1. The van der Waals surface area contributed by atoms with Gasteiger partial charge in [-0.2, -0.15) is 13.2 Å². The van der Waals surface area contributed by atoms with Crippen molar-refractivity contribution < 1.29 is 18.3 Å². The Hall–Kier alpha value is -0.790. The third-order valence-electron chi connectivity index (χ3n) is 2.21. The van der Waals surface area contributed by atoms with Crippen LogP contribution in [0.1, 0.15) is 12.5 Å². The van der Waals surface area contributed by atoms with Crippen molar-refractivity contribution in [1.82, 2.24) is 10.3 Å². The van der Waals surface area contributed by atoms with E-state index in [1.54, 1.807) is 0 Å². The first kappa shape index (κ1) is 15.3. The van der Waals surface area contributed by atoms with Crippen LogP contribution in [0.15, 0.2) is 23.4 Å². The summed E-state index contributed by atoms with van der Waals surface area (Å²) in [7, 11) is 0. The average molecular weight is 280 g/mol. The van der Waals surface area contributed by atoms with Gasteiger partial charge >= 0.3 is 6.18 Å². The van der Waals surface area contributed by atoms with E-state index in [1.165, 1.54) is 17.8 Å². The van der Waals surface area contributed by atoms with E-state index in [0.29, 0.717) is 10.8 Å². The number of likely N-dealkylation sites (N-methyl/N-ethyl adjacent to an activating group) is 1. The van der Waals surface area contributed by atoms with Crippen LogP contribution >= 0.6 is 11.8 Å². The van der Waals surface area contributed by atoms with Crippen molar-refractivity contribution >= 4 is 11.8 Å². The van der Waals surface area contributed by atoms with Crippen molar-refractivity contribution in [2.24, 2.45) is 0 Å². The first-order valence-corrected chi connectivity index (χ1v) is 6.46. The highest BCUT2D eigenvalue weighted by atomic mass is 32.2. The molecule has 0 aromatic carbocycles. The summed E-state index contributed by atoms with van der Waals surface area (Å²) in [5.74, 6) is 0.558. The second-order valence-electron chi connectivity index (χ2n) is 3.63. The Morgan fingerprint density at radius 3 is 2.61 bits per heavy atom. The Morgan fingerprint density at radius 2 is 2.17 bits per heavy atom. The van der Waals surface area contributed by atoms with Gasteiger partial charge in [-0.25, -0.2) is 4.98 Å². The van der Waals surface area contributed by atoms with Gasteiger partial charge in [0.15, 0.2) is 0 Å². The summed E-state index contributed by atoms with van der Waals surface area (Å²) in [5.41, 5.74) is -0.753. The monoisotopic (exact) mass is 280 g/mol. The minimum absolute atomic E-state index is 0.0124. The normalized spacial score (nSPS) is 13.6. The van der Waals surface area contributed by atoms with Crippen molar-refractivity contribution in [2.45, 2.75) is 24.2 Å². The zero-order valence-electron chi connectivity index (χ0n) is 9.87. The molecule has 7 heteroatoms. The molecule has 3 nitrogen and oxygen atoms in total. The second-order valence-corrected chi connectivity index (χ2v) is 4.67. The van der Waals surface area contributed by atoms with E-state index < -0.39 is 11.7 Å². The van der Waals surface area contributed by atoms with Crippen LogP contribution < -0.4 is 5.32 Å². The summed E-state index contributed by atoms with van der Waals surface area (Å²) in [6.45, 7) is 2.64. The molecule has 1 unspecified atom stereocenters. The zero-order valence-corrected chi connectivity index (χ0v) is 10.7. The van der Waals surface area contributed by atoms with Gasteiger partial charge in [0, 0.05) is 18.0 Å². The predicted octanol–water partition coefficient (Wildman–Crippen LogP) is 2.16. The van der Waals surface area contributed by atoms with E-state index in [-0.39, 0.29) is 12.6 Å². The molecule has 18 heavy (non-hydrogen) atoms. The molecule has 0 saturated carbocycles. The Labute approximate surface area is 108 Å². The van der Waals surface area contributed by atoms with Gasteiger partial charge in [-0.15, -0.1) is 11.8 Å². The van der Waals surface area contributed by atoms with Gasteiger partial charge in [-0.05, 0) is 18.7 Å². The molecule has 0 aliphatic rings. The smallest absolute Gasteiger partial charge is 0.395 e. The molecule has 102 valence electrons. The maximum Gasteiger partial charge on any atom is 0.417 e. The zero-order chi connectivity index (χ0) is 13.6. The van der Waals surface area contributed by atoms with Gasteiger partial charge in [-0.3, -0.25) is 0 Å². The Morgan fingerprint density at radius 1 is 1.44 bits per heavy atom. The Bertz CT molecular complexity index is 356. The highest BCUT2D eigenvalue weighted by Gasteiger charge is 2.30. The molecule has 1 aromatic rings. The van der Waals surface area contributed by atoms with Gasteiger partial charge in [0.25, 0.3) is 0 Å². The van der Waals surface area contributed by atoms with Crippen LogP contribution in [0.3, 0.4) is 0 Å². The Balaban J connectivity index is 2.53. The molecule has 0 aliphatic carbocycles. The molecule has 0 amide bonds. The molecule has 1 aromatic heterocycles. The molecule has 1 heterocycles. The lowest BCUT2D eigenvalue weighted by atomic mass is 10.3. The second kappa shape index (κ2) is 6.96. The van der Waals surface area contributed by atoms with Crippen LogP contribution in [0, 0.1) is 0 Å². The summed E-state index contributed by atoms with van der Waals surface area (Å²) in [6, 6.07) is 2.27. The van der Waals surface area contributed by atoms with Crippen LogP contribution in [-0.4, -0.2) is 35.0 Å². The fourth-order valence-electron chi connectivity index (χ4n) is 1.28. The molecular weight excluding hydrogens is 265 g/mol. The molecule has 0 bridgehead atoms. The van der Waals surface area contributed by atoms with E-state index in [9.17, 15) is 13.2 Å². The van der Waals surface area contributed by atoms with Crippen molar-refractivity contribution in [3.05, 3.63) is 23.9 Å². The van der Waals surface area contributed by atoms with Gasteiger partial charge in [0.2, 0.25) is 0 Å². The molecule has 0 fully saturated rings. The quantitative estimate of drug-likeness (QED) is 0.784. The number of hydrogen-bond donors (Lipinski definition) is 2. The summed E-state index contributed by atoms with van der Waals surface area (Å²) >= 11 is 1.31. The van der Waals surface area contributed by atoms with E-state index >= 15 is 0 Å². The molecule has 1 rings (SSSR count). The van der Waals surface area contributed by atoms with Gasteiger partial charge in [-0.1, -0.05) is 6.92 Å². The van der Waals surface area contributed by atoms with Crippen molar-refractivity contribution in [2.75, 3.05) is 18.9 Å². The largest absolute Gasteiger partial charge is 0.417 e. The van der Waals surface area contributed by atoms with Crippen LogP contribution in [0.25, 0.3) is 0 Å². The van der Waals surface area contributed by atoms with Gasteiger partial charge in [0.1, 0.15) is 0 Å². The fourth-order valence-corrected chi connectivity index (χ4v) is 2.17. The number of nitrogens with one attached hydrogen (secondary N) is 1. The van der Waals surface area contributed by atoms with Crippen molar-refractivity contribution in [3.8, 4) is 0 Å². The lowest BCUT2D eigenvalue weighted by Crippen LogP contribution is -2.34. The maximum atomic E-state index is 12.3. The molecule has 1 atom stereocenters. The molecule has 2 N–H and O–H groups in total. The first-order chi connectivity index (χ1) is 8.47. The van der Waals surface area contributed by atoms with E-state index in [1.807, 2.05) is 6.92 Å². The summed E-state index contributed by atoms with van der Waals surface area (Å²) in [6.07, 6.45) is -3.53. The molecule has 0 radical (unpaired) electrons. The highest BCUT2D eigenvalue weighted by molar-refractivity contribution is 7.99. The lowest BCUT2D eigenvalue weighted by Gasteiger charge is -2.14. The molecule has 0 saturated heterocycles. The van der Waals surface area contributed by atoms with Crippen LogP contribution in [0.5, 0.6) is 0 Å². The molecule has 0 spiro atoms. The highest BCUT2D eigenvalue weighted by Crippen LogP contribution is 2.29. The van der Waals surface area contributed by atoms with E-state index in [0.717, 1.165) is 18.8 Å². The number of hydrogen-bond acceptors (Lipinski definition) is 4. The minimum Gasteiger partial charge on any atom is -0.395 e. The number of aliphatic hydroxyl groups excluding tert-OH is 1. The summed E-state index contributed by atoms with van der Waals surface area (Å²) < 4.78 is 36.9. The van der Waals surface area contributed by atoms with Crippen LogP contribution in [-0.2, 0) is 6.18 Å². The van der Waals surface area contributed by atoms with Gasteiger partial charge < -0.3 is 10.4 Å². The standard InChI is InChI=1S/C11H15F3N2OS/c1-2-15-9(6-17)7-18-10-4-3-8(5-16-10)11(12,13)14/h3-5,9,15,17H,2,6-7H2,1H3. The number of alkyl halides is 3. The molecular formula is C11H15F3N2OS. The minimum atomic E-state index is -4.35. The Kier molecular flexibility index (Phi) is 5.90. The topological polar surface area (TPSA) is 45.1 Å². The maximum absolute atomic E-state index is 12.3. The number of aliphatic hydroxyl groups is 1. The van der Waals surface area contributed by atoms with Gasteiger partial charge in [0.05, 0.1) is 17.2 Å². The SMILES string of the molecule is CCNC(CO)CSc1ccc(C(F)(F)F)cn1. The van der Waals surface area contributed by atoms with Crippen LogP contribution in [0.4, 0.5) is 13.2 Å². The summed E-state index contributed by atoms with van der Waals surface area (Å²) in [4.78, 5) is 3.75. The first-order valence-electron chi connectivity index (χ1n) is 5.47.